The summed E-state index contributed by atoms with van der Waals surface area (Å²) in [7, 11) is 0. The first kappa shape index (κ1) is 28.5. The molecule has 2 saturated heterocycles. The van der Waals surface area contributed by atoms with Gasteiger partial charge in [0.15, 0.2) is 0 Å². The summed E-state index contributed by atoms with van der Waals surface area (Å²) in [5.74, 6) is -0.964. The number of aliphatic hydroxyl groups excluding tert-OH is 2. The first-order valence-corrected chi connectivity index (χ1v) is 13.1. The number of rotatable bonds is 15. The third kappa shape index (κ3) is 11.0. The number of unbranched alkanes of at least 4 members (excludes halogenated alkanes) is 3. The minimum Gasteiger partial charge on any atom is -0.481 e. The largest absolute Gasteiger partial charge is 0.481 e. The summed E-state index contributed by atoms with van der Waals surface area (Å²) < 4.78 is 0. The van der Waals surface area contributed by atoms with Gasteiger partial charge in [0.05, 0.1) is 24.2 Å². The molecule has 2 aliphatic rings. The molecule has 194 valence electrons. The van der Waals surface area contributed by atoms with E-state index >= 15 is 0 Å². The van der Waals surface area contributed by atoms with Crippen LogP contribution in [-0.2, 0) is 4.79 Å². The maximum absolute atomic E-state index is 11.3. The van der Waals surface area contributed by atoms with Crippen LogP contribution in [0.25, 0.3) is 0 Å². The van der Waals surface area contributed by atoms with Gasteiger partial charge < -0.3 is 36.4 Å². The second-order valence-corrected chi connectivity index (χ2v) is 10.9. The van der Waals surface area contributed by atoms with Gasteiger partial charge in [-0.15, -0.1) is 0 Å². The van der Waals surface area contributed by atoms with E-state index in [1.165, 1.54) is 0 Å². The Hall–Kier alpha value is -0.770. The molecule has 8 heteroatoms. The Balaban J connectivity index is 1.59. The average Bonchev–Trinajstić information content (AvgIpc) is 2.76. The number of piperidine rings is 2. The molecular weight excluding hydrogens is 422 g/mol. The first-order valence-electron chi connectivity index (χ1n) is 13.1. The summed E-state index contributed by atoms with van der Waals surface area (Å²) in [6, 6.07) is 0.504. The zero-order valence-electron chi connectivity index (χ0n) is 20.8. The van der Waals surface area contributed by atoms with Crippen LogP contribution in [0.4, 0.5) is 0 Å². The summed E-state index contributed by atoms with van der Waals surface area (Å²) in [4.78, 5) is 11.3. The second kappa shape index (κ2) is 14.0. The third-order valence-corrected chi connectivity index (χ3v) is 7.70. The van der Waals surface area contributed by atoms with E-state index < -0.39 is 11.6 Å². The molecule has 0 saturated carbocycles. The Bertz CT molecular complexity index is 572. The molecule has 2 fully saturated rings. The van der Waals surface area contributed by atoms with Crippen molar-refractivity contribution in [3.8, 4) is 0 Å². The Labute approximate surface area is 199 Å². The van der Waals surface area contributed by atoms with Crippen LogP contribution in [0.15, 0.2) is 0 Å². The first-order chi connectivity index (χ1) is 15.6. The molecule has 0 aromatic carbocycles. The summed E-state index contributed by atoms with van der Waals surface area (Å²) in [5.41, 5.74) is -1.28. The Morgan fingerprint density at radius 2 is 1.85 bits per heavy atom. The molecule has 2 aliphatic heterocycles. The van der Waals surface area contributed by atoms with Crippen molar-refractivity contribution in [2.24, 2.45) is 0 Å². The van der Waals surface area contributed by atoms with Gasteiger partial charge in [0, 0.05) is 24.2 Å². The van der Waals surface area contributed by atoms with E-state index in [2.05, 4.69) is 22.9 Å². The van der Waals surface area contributed by atoms with E-state index in [4.69, 9.17) is 0 Å². The van der Waals surface area contributed by atoms with Gasteiger partial charge in [-0.05, 0) is 78.3 Å². The van der Waals surface area contributed by atoms with Crippen LogP contribution in [0.2, 0.25) is 0 Å². The Morgan fingerprint density at radius 3 is 2.52 bits per heavy atom. The lowest BCUT2D eigenvalue weighted by molar-refractivity contribution is -0.143. The summed E-state index contributed by atoms with van der Waals surface area (Å²) in [6.45, 7) is 6.33. The Kier molecular flexibility index (Phi) is 12.0. The highest BCUT2D eigenvalue weighted by Gasteiger charge is 2.34. The number of carbonyl (C=O) groups is 1. The van der Waals surface area contributed by atoms with Gasteiger partial charge in [-0.1, -0.05) is 25.7 Å². The number of aliphatic hydroxyl groups is 3. The highest BCUT2D eigenvalue weighted by molar-refractivity contribution is 5.68. The predicted molar refractivity (Wildman–Crippen MR) is 130 cm³/mol. The molecule has 2 rings (SSSR count). The van der Waals surface area contributed by atoms with E-state index in [0.717, 1.165) is 83.7 Å². The zero-order valence-corrected chi connectivity index (χ0v) is 20.8. The minimum atomic E-state index is -1.23. The lowest BCUT2D eigenvalue weighted by Gasteiger charge is -2.38. The summed E-state index contributed by atoms with van der Waals surface area (Å²) in [5, 5.41) is 50.6. The van der Waals surface area contributed by atoms with Crippen LogP contribution < -0.4 is 16.0 Å². The lowest BCUT2D eigenvalue weighted by Crippen LogP contribution is -2.55. The molecule has 0 aromatic rings. The van der Waals surface area contributed by atoms with Crippen molar-refractivity contribution in [2.75, 3.05) is 19.6 Å². The molecule has 5 unspecified atom stereocenters. The molecule has 0 aromatic heterocycles. The van der Waals surface area contributed by atoms with E-state index in [0.29, 0.717) is 19.0 Å². The van der Waals surface area contributed by atoms with E-state index in [-0.39, 0.29) is 30.2 Å². The molecule has 8 nitrogen and oxygen atoms in total. The quantitative estimate of drug-likeness (QED) is 0.180. The number of hydrogen-bond acceptors (Lipinski definition) is 7. The van der Waals surface area contributed by atoms with Crippen LogP contribution >= 0.6 is 0 Å². The standard InChI is InChI=1S/C25H49N3O5/c1-19-22(30)11-9-20(28-19)8-10-21(29)7-5-3-4-6-12-25(33,17-23(31)32)18-27-24(2)13-15-26-16-14-24/h19-22,26-30,33H,3-18H2,1-2H3,(H,31,32). The van der Waals surface area contributed by atoms with E-state index in [1.807, 2.05) is 6.92 Å². The van der Waals surface area contributed by atoms with Gasteiger partial charge in [-0.3, -0.25) is 4.79 Å². The smallest absolute Gasteiger partial charge is 0.306 e. The molecule has 2 heterocycles. The van der Waals surface area contributed by atoms with Crippen molar-refractivity contribution in [3.05, 3.63) is 0 Å². The van der Waals surface area contributed by atoms with Gasteiger partial charge in [0.1, 0.15) is 0 Å². The highest BCUT2D eigenvalue weighted by atomic mass is 16.4. The predicted octanol–water partition coefficient (Wildman–Crippen LogP) is 1.91. The molecule has 0 amide bonds. The minimum absolute atomic E-state index is 0.0567. The third-order valence-electron chi connectivity index (χ3n) is 7.70. The van der Waals surface area contributed by atoms with E-state index in [1.54, 1.807) is 0 Å². The van der Waals surface area contributed by atoms with Crippen molar-refractivity contribution in [2.45, 2.75) is 133 Å². The topological polar surface area (TPSA) is 134 Å². The molecule has 0 spiro atoms. The zero-order chi connectivity index (χ0) is 24.3. The fraction of sp³-hybridized carbons (Fsp3) is 0.960. The van der Waals surface area contributed by atoms with Crippen LogP contribution in [0.1, 0.15) is 97.3 Å². The summed E-state index contributed by atoms with van der Waals surface area (Å²) in [6.07, 6.45) is 9.51. The monoisotopic (exact) mass is 471 g/mol. The van der Waals surface area contributed by atoms with Crippen molar-refractivity contribution < 1.29 is 25.2 Å². The lowest BCUT2D eigenvalue weighted by atomic mass is 9.87. The molecular formula is C25H49N3O5. The maximum Gasteiger partial charge on any atom is 0.306 e. The molecule has 5 atom stereocenters. The van der Waals surface area contributed by atoms with Crippen molar-refractivity contribution in [3.63, 3.8) is 0 Å². The number of hydrogen-bond donors (Lipinski definition) is 7. The number of carboxylic acid groups (broad SMARTS) is 1. The normalized spacial score (nSPS) is 28.2. The Morgan fingerprint density at radius 1 is 1.15 bits per heavy atom. The highest BCUT2D eigenvalue weighted by Crippen LogP contribution is 2.24. The van der Waals surface area contributed by atoms with Gasteiger partial charge in [-0.2, -0.15) is 0 Å². The fourth-order valence-corrected chi connectivity index (χ4v) is 5.20. The van der Waals surface area contributed by atoms with Crippen molar-refractivity contribution in [1.82, 2.24) is 16.0 Å². The SMILES string of the molecule is CC1NC(CCC(O)CCCCCCC(O)(CNC2(C)CCNCC2)CC(=O)O)CCC1O. The van der Waals surface area contributed by atoms with E-state index in [9.17, 15) is 25.2 Å². The number of nitrogens with one attached hydrogen (secondary N) is 3. The van der Waals surface area contributed by atoms with Crippen LogP contribution in [-0.4, -0.2) is 81.5 Å². The number of carboxylic acids is 1. The number of β-amino-alcohol motifs (C(OH)–C–C–N with tert-alkyl or cyclic N) is 1. The average molecular weight is 472 g/mol. The molecule has 0 aliphatic carbocycles. The van der Waals surface area contributed by atoms with Crippen LogP contribution in [0, 0.1) is 0 Å². The molecule has 33 heavy (non-hydrogen) atoms. The number of aliphatic carboxylic acids is 1. The maximum atomic E-state index is 11.3. The molecule has 0 bridgehead atoms. The van der Waals surface area contributed by atoms with Crippen LogP contribution in [0.3, 0.4) is 0 Å². The van der Waals surface area contributed by atoms with Gasteiger partial charge in [-0.25, -0.2) is 0 Å². The summed E-state index contributed by atoms with van der Waals surface area (Å²) >= 11 is 0. The molecule has 7 N–H and O–H groups in total. The van der Waals surface area contributed by atoms with Gasteiger partial charge in [0.2, 0.25) is 0 Å². The van der Waals surface area contributed by atoms with Gasteiger partial charge >= 0.3 is 5.97 Å². The van der Waals surface area contributed by atoms with Crippen LogP contribution in [0.5, 0.6) is 0 Å². The van der Waals surface area contributed by atoms with Crippen molar-refractivity contribution >= 4 is 5.97 Å². The van der Waals surface area contributed by atoms with Gasteiger partial charge in [0.25, 0.3) is 0 Å². The van der Waals surface area contributed by atoms with Crippen molar-refractivity contribution in [1.29, 1.82) is 0 Å². The second-order valence-electron chi connectivity index (χ2n) is 10.9. The fourth-order valence-electron chi connectivity index (χ4n) is 5.20. The molecule has 0 radical (unpaired) electrons.